The van der Waals surface area contributed by atoms with Crippen molar-refractivity contribution in [1.29, 1.82) is 0 Å². The number of methoxy groups -OCH3 is 2. The predicted molar refractivity (Wildman–Crippen MR) is 74.3 cm³/mol. The second-order valence-electron chi connectivity index (χ2n) is 4.63. The van der Waals surface area contributed by atoms with Gasteiger partial charge >= 0.3 is 0 Å². The molecule has 2 rings (SSSR count). The SMILES string of the molecule is C[NH2+]CCc1nc2cc(OC)c(OC)cc2n1CC(=O)[O-]. The van der Waals surface area contributed by atoms with E-state index in [1.165, 1.54) is 7.11 Å². The number of carboxylic acids is 1. The molecule has 2 aromatic rings. The monoisotopic (exact) mass is 293 g/mol. The molecule has 0 fully saturated rings. The lowest BCUT2D eigenvalue weighted by Crippen LogP contribution is -2.80. The second kappa shape index (κ2) is 6.45. The largest absolute Gasteiger partial charge is 0.548 e. The summed E-state index contributed by atoms with van der Waals surface area (Å²) >= 11 is 0. The lowest BCUT2D eigenvalue weighted by molar-refractivity contribution is -0.626. The van der Waals surface area contributed by atoms with Crippen molar-refractivity contribution < 1.29 is 24.7 Å². The first-order valence-corrected chi connectivity index (χ1v) is 6.69. The number of likely N-dealkylation sites (N-methyl/N-ethyl adjacent to an activating group) is 1. The molecule has 0 saturated carbocycles. The van der Waals surface area contributed by atoms with Crippen LogP contribution in [0.5, 0.6) is 11.5 Å². The number of carboxylic acid groups (broad SMARTS) is 1. The zero-order valence-corrected chi connectivity index (χ0v) is 12.4. The molecular weight excluding hydrogens is 274 g/mol. The average molecular weight is 293 g/mol. The van der Waals surface area contributed by atoms with Gasteiger partial charge in [-0.25, -0.2) is 4.98 Å². The van der Waals surface area contributed by atoms with Crippen molar-refractivity contribution in [1.82, 2.24) is 9.55 Å². The maximum atomic E-state index is 11.0. The molecule has 0 unspecified atom stereocenters. The Morgan fingerprint density at radius 3 is 2.57 bits per heavy atom. The quantitative estimate of drug-likeness (QED) is 0.673. The molecule has 2 N–H and O–H groups in total. The number of benzene rings is 1. The van der Waals surface area contributed by atoms with Gasteiger partial charge in [-0.3, -0.25) is 0 Å². The van der Waals surface area contributed by atoms with Gasteiger partial charge in [0.15, 0.2) is 11.5 Å². The van der Waals surface area contributed by atoms with Gasteiger partial charge in [0.2, 0.25) is 0 Å². The van der Waals surface area contributed by atoms with Gasteiger partial charge in [-0.05, 0) is 0 Å². The van der Waals surface area contributed by atoms with Gasteiger partial charge in [-0.1, -0.05) is 0 Å². The molecular formula is C14H19N3O4. The van der Waals surface area contributed by atoms with Crippen molar-refractivity contribution in [2.75, 3.05) is 27.8 Å². The van der Waals surface area contributed by atoms with Crippen molar-refractivity contribution in [2.45, 2.75) is 13.0 Å². The number of nitrogens with zero attached hydrogens (tertiary/aromatic N) is 2. The van der Waals surface area contributed by atoms with Crippen LogP contribution in [0.15, 0.2) is 12.1 Å². The Bertz CT molecular complexity index is 651. The smallest absolute Gasteiger partial charge is 0.163 e. The Morgan fingerprint density at radius 2 is 2.00 bits per heavy atom. The van der Waals surface area contributed by atoms with E-state index in [-0.39, 0.29) is 6.54 Å². The number of nitrogens with two attached hydrogens (primary N) is 1. The molecule has 114 valence electrons. The Kier molecular flexibility index (Phi) is 4.64. The molecule has 1 aromatic heterocycles. The van der Waals surface area contributed by atoms with Crippen LogP contribution in [-0.2, 0) is 17.8 Å². The minimum Gasteiger partial charge on any atom is -0.548 e. The summed E-state index contributed by atoms with van der Waals surface area (Å²) in [7, 11) is 5.04. The van der Waals surface area contributed by atoms with Crippen LogP contribution < -0.4 is 19.9 Å². The summed E-state index contributed by atoms with van der Waals surface area (Å²) in [6.07, 6.45) is 0.670. The number of aliphatic carboxylic acids is 1. The molecule has 7 nitrogen and oxygen atoms in total. The van der Waals surface area contributed by atoms with E-state index in [9.17, 15) is 9.90 Å². The topological polar surface area (TPSA) is 93.0 Å². The zero-order valence-electron chi connectivity index (χ0n) is 12.4. The van der Waals surface area contributed by atoms with Crippen LogP contribution in [0.1, 0.15) is 5.82 Å². The van der Waals surface area contributed by atoms with Crippen molar-refractivity contribution in [3.8, 4) is 11.5 Å². The number of carbonyl (C=O) groups is 1. The lowest BCUT2D eigenvalue weighted by atomic mass is 10.2. The fourth-order valence-electron chi connectivity index (χ4n) is 2.27. The van der Waals surface area contributed by atoms with Gasteiger partial charge in [0.05, 0.1) is 57.8 Å². The molecule has 0 spiro atoms. The van der Waals surface area contributed by atoms with Crippen molar-refractivity contribution in [3.63, 3.8) is 0 Å². The van der Waals surface area contributed by atoms with E-state index in [0.717, 1.165) is 6.54 Å². The summed E-state index contributed by atoms with van der Waals surface area (Å²) in [4.78, 5) is 15.5. The number of ether oxygens (including phenoxy) is 2. The molecule has 21 heavy (non-hydrogen) atoms. The summed E-state index contributed by atoms with van der Waals surface area (Å²) in [5.41, 5.74) is 1.38. The van der Waals surface area contributed by atoms with Gasteiger partial charge in [-0.2, -0.15) is 0 Å². The zero-order chi connectivity index (χ0) is 15.4. The highest BCUT2D eigenvalue weighted by Crippen LogP contribution is 2.32. The lowest BCUT2D eigenvalue weighted by Gasteiger charge is -2.11. The van der Waals surface area contributed by atoms with E-state index in [1.54, 1.807) is 23.8 Å². The number of rotatable bonds is 7. The number of hydrogen-bond acceptors (Lipinski definition) is 5. The van der Waals surface area contributed by atoms with Crippen LogP contribution in [0.4, 0.5) is 0 Å². The number of fused-ring (bicyclic) bond motifs is 1. The Morgan fingerprint density at radius 1 is 1.33 bits per heavy atom. The van der Waals surface area contributed by atoms with Gasteiger partial charge in [0.25, 0.3) is 0 Å². The van der Waals surface area contributed by atoms with Gasteiger partial charge < -0.3 is 29.3 Å². The van der Waals surface area contributed by atoms with Crippen LogP contribution >= 0.6 is 0 Å². The van der Waals surface area contributed by atoms with Crippen LogP contribution in [-0.4, -0.2) is 43.3 Å². The third-order valence-corrected chi connectivity index (χ3v) is 3.28. The summed E-state index contributed by atoms with van der Waals surface area (Å²) in [6.45, 7) is 0.593. The Balaban J connectivity index is 2.58. The van der Waals surface area contributed by atoms with Crippen LogP contribution in [0, 0.1) is 0 Å². The maximum absolute atomic E-state index is 11.0. The molecule has 0 bridgehead atoms. The second-order valence-corrected chi connectivity index (χ2v) is 4.63. The fraction of sp³-hybridized carbons (Fsp3) is 0.429. The molecule has 1 heterocycles. The maximum Gasteiger partial charge on any atom is 0.163 e. The van der Waals surface area contributed by atoms with Crippen LogP contribution in [0.25, 0.3) is 11.0 Å². The van der Waals surface area contributed by atoms with Crippen LogP contribution in [0.3, 0.4) is 0 Å². The third-order valence-electron chi connectivity index (χ3n) is 3.28. The van der Waals surface area contributed by atoms with Crippen molar-refractivity contribution in [2.24, 2.45) is 0 Å². The minimum atomic E-state index is -1.15. The summed E-state index contributed by atoms with van der Waals surface area (Å²) in [5.74, 6) is 0.670. The van der Waals surface area contributed by atoms with E-state index >= 15 is 0 Å². The average Bonchev–Trinajstić information content (AvgIpc) is 2.80. The van der Waals surface area contributed by atoms with Crippen molar-refractivity contribution in [3.05, 3.63) is 18.0 Å². The van der Waals surface area contributed by atoms with E-state index in [2.05, 4.69) is 4.98 Å². The Hall–Kier alpha value is -2.28. The standard InChI is InChI=1S/C14H19N3O4/c1-15-5-4-13-16-9-6-11(20-2)12(21-3)7-10(9)17(13)8-14(18)19/h6-7,15H,4-5,8H2,1-3H3,(H,18,19). The normalized spacial score (nSPS) is 10.8. The highest BCUT2D eigenvalue weighted by Gasteiger charge is 2.15. The van der Waals surface area contributed by atoms with E-state index in [4.69, 9.17) is 9.47 Å². The van der Waals surface area contributed by atoms with Gasteiger partial charge in [0, 0.05) is 12.1 Å². The number of aromatic nitrogens is 2. The fourth-order valence-corrected chi connectivity index (χ4v) is 2.27. The van der Waals surface area contributed by atoms with Crippen LogP contribution in [0.2, 0.25) is 0 Å². The molecule has 0 atom stereocenters. The summed E-state index contributed by atoms with van der Waals surface area (Å²) in [6, 6.07) is 3.49. The number of carbonyl (C=O) groups excluding carboxylic acids is 1. The number of hydrogen-bond donors (Lipinski definition) is 1. The molecule has 0 radical (unpaired) electrons. The first-order chi connectivity index (χ1) is 10.1. The number of imidazole rings is 1. The predicted octanol–water partition coefficient (Wildman–Crippen LogP) is -1.46. The van der Waals surface area contributed by atoms with Gasteiger partial charge in [0.1, 0.15) is 5.82 Å². The first-order valence-electron chi connectivity index (χ1n) is 6.69. The molecule has 0 aliphatic carbocycles. The molecule has 0 aliphatic rings. The minimum absolute atomic E-state index is 0.231. The molecule has 1 aromatic carbocycles. The Labute approximate surface area is 122 Å². The summed E-state index contributed by atoms with van der Waals surface area (Å²) < 4.78 is 12.2. The molecule has 0 amide bonds. The number of quaternary nitrogens is 1. The summed E-state index contributed by atoms with van der Waals surface area (Å²) in [5, 5.41) is 13.0. The first kappa shape index (κ1) is 15.1. The molecule has 7 heteroatoms. The van der Waals surface area contributed by atoms with E-state index in [1.807, 2.05) is 12.4 Å². The highest BCUT2D eigenvalue weighted by molar-refractivity contribution is 5.82. The molecule has 0 aliphatic heterocycles. The van der Waals surface area contributed by atoms with Crippen molar-refractivity contribution >= 4 is 17.0 Å². The van der Waals surface area contributed by atoms with E-state index in [0.29, 0.717) is 34.8 Å². The van der Waals surface area contributed by atoms with E-state index < -0.39 is 5.97 Å². The molecule has 0 saturated heterocycles. The third kappa shape index (κ3) is 3.08. The van der Waals surface area contributed by atoms with Gasteiger partial charge in [-0.15, -0.1) is 0 Å². The highest BCUT2D eigenvalue weighted by atomic mass is 16.5.